The van der Waals surface area contributed by atoms with Crippen LogP contribution in [0.2, 0.25) is 0 Å². The van der Waals surface area contributed by atoms with Gasteiger partial charge in [-0.15, -0.1) is 18.3 Å². The normalized spacial score (nSPS) is 15.2. The zero-order chi connectivity index (χ0) is 32.8. The van der Waals surface area contributed by atoms with Gasteiger partial charge in [-0.1, -0.05) is 53.7 Å². The van der Waals surface area contributed by atoms with Gasteiger partial charge >= 0.3 is 12.4 Å². The highest BCUT2D eigenvalue weighted by molar-refractivity contribution is 8.14. The standard InChI is InChI=1S/C34H37F3N6O2S/c1-22-19-23(2)30(24(3)20-22)42-17-6-18-46-33(42)40-32(44)39-25(4)7-5-8-26-9-11-27(12-10-26)31-38-21-43(41-31)28-13-15-29(16-14-28)45-34(35,36)37/h9-16,19-21,25H,5-8,17-18H2,1-4H3,(H,39,44)/b40-33-. The lowest BCUT2D eigenvalue weighted by Gasteiger charge is -2.32. The van der Waals surface area contributed by atoms with E-state index in [9.17, 15) is 18.0 Å². The largest absolute Gasteiger partial charge is 0.573 e. The Hall–Kier alpha value is -4.32. The highest BCUT2D eigenvalue weighted by Crippen LogP contribution is 2.32. The Kier molecular flexibility index (Phi) is 10.4. The average molecular weight is 651 g/mol. The van der Waals surface area contributed by atoms with Crippen LogP contribution in [0, 0.1) is 20.8 Å². The Balaban J connectivity index is 1.11. The fourth-order valence-electron chi connectivity index (χ4n) is 5.61. The number of rotatable bonds is 9. The molecule has 8 nitrogen and oxygen atoms in total. The molecule has 1 aliphatic heterocycles. The third-order valence-corrected chi connectivity index (χ3v) is 8.66. The number of alkyl halides is 3. The van der Waals surface area contributed by atoms with E-state index in [1.165, 1.54) is 52.0 Å². The summed E-state index contributed by atoms with van der Waals surface area (Å²) in [6.07, 6.45) is 0.356. The molecule has 0 bridgehead atoms. The molecule has 4 aromatic rings. The third-order valence-electron chi connectivity index (χ3n) is 7.60. The van der Waals surface area contributed by atoms with Gasteiger partial charge in [-0.25, -0.2) is 14.5 Å². The molecule has 5 rings (SSSR count). The van der Waals surface area contributed by atoms with E-state index >= 15 is 0 Å². The topological polar surface area (TPSA) is 84.6 Å². The Morgan fingerprint density at radius 1 is 1.07 bits per heavy atom. The Bertz CT molecular complexity index is 1660. The Morgan fingerprint density at radius 2 is 1.76 bits per heavy atom. The first-order chi connectivity index (χ1) is 21.9. The maximum Gasteiger partial charge on any atom is 0.573 e. The molecule has 0 radical (unpaired) electrons. The predicted molar refractivity (Wildman–Crippen MR) is 177 cm³/mol. The third kappa shape index (κ3) is 8.68. The van der Waals surface area contributed by atoms with E-state index in [1.807, 2.05) is 31.2 Å². The molecule has 1 atom stereocenters. The fourth-order valence-corrected chi connectivity index (χ4v) is 6.56. The monoisotopic (exact) mass is 650 g/mol. The van der Waals surface area contributed by atoms with E-state index < -0.39 is 6.36 Å². The number of urea groups is 1. The van der Waals surface area contributed by atoms with Crippen molar-refractivity contribution in [2.75, 3.05) is 17.2 Å². The number of nitrogens with one attached hydrogen (secondary N) is 1. The minimum atomic E-state index is -4.74. The van der Waals surface area contributed by atoms with Crippen LogP contribution in [0.1, 0.15) is 48.4 Å². The minimum Gasteiger partial charge on any atom is -0.406 e. The number of carbonyl (C=O) groups excluding carboxylic acids is 1. The van der Waals surface area contributed by atoms with Crippen molar-refractivity contribution in [3.8, 4) is 22.8 Å². The lowest BCUT2D eigenvalue weighted by Crippen LogP contribution is -2.38. The van der Waals surface area contributed by atoms with Gasteiger partial charge in [-0.2, -0.15) is 4.99 Å². The van der Waals surface area contributed by atoms with E-state index in [2.05, 4.69) is 62.9 Å². The molecule has 1 aliphatic rings. The number of benzene rings is 3. The number of thioether (sulfide) groups is 1. The second kappa shape index (κ2) is 14.4. The van der Waals surface area contributed by atoms with Crippen LogP contribution in [-0.4, -0.2) is 50.7 Å². The Morgan fingerprint density at radius 3 is 2.43 bits per heavy atom. The number of halogens is 3. The van der Waals surface area contributed by atoms with E-state index in [0.29, 0.717) is 11.5 Å². The number of aliphatic imine (C=N–C) groups is 1. The summed E-state index contributed by atoms with van der Waals surface area (Å²) in [4.78, 5) is 23.9. The van der Waals surface area contributed by atoms with E-state index in [1.54, 1.807) is 11.8 Å². The average Bonchev–Trinajstić information content (AvgIpc) is 3.48. The number of nitrogens with zero attached hydrogens (tertiary/aromatic N) is 5. The van der Waals surface area contributed by atoms with Crippen LogP contribution in [0.5, 0.6) is 5.75 Å². The van der Waals surface area contributed by atoms with Crippen LogP contribution in [0.25, 0.3) is 17.1 Å². The quantitative estimate of drug-likeness (QED) is 0.197. The Labute approximate surface area is 271 Å². The molecule has 1 unspecified atom stereocenters. The molecule has 2 heterocycles. The highest BCUT2D eigenvalue weighted by atomic mass is 32.2. The van der Waals surface area contributed by atoms with Gasteiger partial charge in [0, 0.05) is 29.6 Å². The zero-order valence-electron chi connectivity index (χ0n) is 26.3. The second-order valence-electron chi connectivity index (χ2n) is 11.5. The molecule has 1 N–H and O–H groups in total. The lowest BCUT2D eigenvalue weighted by atomic mass is 10.0. The van der Waals surface area contributed by atoms with Crippen LogP contribution < -0.4 is 15.0 Å². The van der Waals surface area contributed by atoms with Crippen LogP contribution >= 0.6 is 11.8 Å². The van der Waals surface area contributed by atoms with E-state index in [-0.39, 0.29) is 17.8 Å². The number of aromatic nitrogens is 3. The minimum absolute atomic E-state index is 0.0248. The van der Waals surface area contributed by atoms with Crippen molar-refractivity contribution in [1.82, 2.24) is 20.1 Å². The van der Waals surface area contributed by atoms with Gasteiger partial charge in [0.1, 0.15) is 12.1 Å². The molecule has 12 heteroatoms. The summed E-state index contributed by atoms with van der Waals surface area (Å²) in [5.41, 5.74) is 7.27. The van der Waals surface area contributed by atoms with E-state index in [0.717, 1.165) is 60.0 Å². The molecule has 0 aliphatic carbocycles. The highest BCUT2D eigenvalue weighted by Gasteiger charge is 2.31. The molecule has 1 fully saturated rings. The summed E-state index contributed by atoms with van der Waals surface area (Å²) >= 11 is 1.63. The molecule has 1 aromatic heterocycles. The van der Waals surface area contributed by atoms with Crippen LogP contribution in [-0.2, 0) is 6.42 Å². The van der Waals surface area contributed by atoms with Gasteiger partial charge in [0.05, 0.1) is 5.69 Å². The SMILES string of the molecule is Cc1cc(C)c(N2CCCS/C2=N\C(=O)NC(C)CCCc2ccc(-c3ncn(-c4ccc(OC(F)(F)F)cc4)n3)cc2)c(C)c1. The molecular formula is C34H37F3N6O2S. The summed E-state index contributed by atoms with van der Waals surface area (Å²) in [5.74, 6) is 1.14. The zero-order valence-corrected chi connectivity index (χ0v) is 27.1. The van der Waals surface area contributed by atoms with E-state index in [4.69, 9.17) is 0 Å². The van der Waals surface area contributed by atoms with Crippen molar-refractivity contribution in [1.29, 1.82) is 0 Å². The summed E-state index contributed by atoms with van der Waals surface area (Å²) in [6.45, 7) is 9.16. The first kappa shape index (κ1) is 33.1. The van der Waals surface area contributed by atoms with Gasteiger partial charge in [0.2, 0.25) is 0 Å². The molecule has 46 heavy (non-hydrogen) atoms. The molecule has 0 saturated carbocycles. The number of amidine groups is 1. The summed E-state index contributed by atoms with van der Waals surface area (Å²) < 4.78 is 42.7. The van der Waals surface area contributed by atoms with Gasteiger partial charge in [0.15, 0.2) is 11.0 Å². The molecule has 242 valence electrons. The summed E-state index contributed by atoms with van der Waals surface area (Å²) in [7, 11) is 0. The molecule has 0 spiro atoms. The first-order valence-corrected chi connectivity index (χ1v) is 16.2. The summed E-state index contributed by atoms with van der Waals surface area (Å²) in [6, 6.07) is 17.4. The van der Waals surface area contributed by atoms with Crippen molar-refractivity contribution in [2.45, 2.75) is 65.8 Å². The number of ether oxygens (including phenoxy) is 1. The molecule has 1 saturated heterocycles. The van der Waals surface area contributed by atoms with Gasteiger partial charge in [-0.05, 0) is 94.3 Å². The number of amides is 2. The fraction of sp³-hybridized carbons (Fsp3) is 0.353. The smallest absolute Gasteiger partial charge is 0.406 e. The maximum atomic E-state index is 12.9. The number of hydrogen-bond donors (Lipinski definition) is 1. The summed E-state index contributed by atoms with van der Waals surface area (Å²) in [5, 5.41) is 8.25. The van der Waals surface area contributed by atoms with Crippen LogP contribution in [0.4, 0.5) is 23.7 Å². The van der Waals surface area contributed by atoms with Crippen LogP contribution in [0.3, 0.4) is 0 Å². The number of carbonyl (C=O) groups is 1. The second-order valence-corrected chi connectivity index (χ2v) is 12.6. The predicted octanol–water partition coefficient (Wildman–Crippen LogP) is 8.18. The van der Waals surface area contributed by atoms with Crippen LogP contribution in [0.15, 0.2) is 72.0 Å². The van der Waals surface area contributed by atoms with Crippen molar-refractivity contribution in [3.63, 3.8) is 0 Å². The molecule has 3 aromatic carbocycles. The molecular weight excluding hydrogens is 613 g/mol. The van der Waals surface area contributed by atoms with Gasteiger partial charge in [-0.3, -0.25) is 0 Å². The molecule has 2 amide bonds. The van der Waals surface area contributed by atoms with Crippen molar-refractivity contribution in [2.24, 2.45) is 4.99 Å². The van der Waals surface area contributed by atoms with Gasteiger partial charge in [0.25, 0.3) is 0 Å². The van der Waals surface area contributed by atoms with Crippen molar-refractivity contribution in [3.05, 3.63) is 89.2 Å². The van der Waals surface area contributed by atoms with Crippen molar-refractivity contribution >= 4 is 28.6 Å². The number of hydrogen-bond acceptors (Lipinski definition) is 5. The lowest BCUT2D eigenvalue weighted by molar-refractivity contribution is -0.274. The first-order valence-electron chi connectivity index (χ1n) is 15.2. The van der Waals surface area contributed by atoms with Crippen molar-refractivity contribution < 1.29 is 22.7 Å². The van der Waals surface area contributed by atoms with Gasteiger partial charge < -0.3 is 15.0 Å². The number of aryl methyl sites for hydroxylation is 4. The maximum absolute atomic E-state index is 12.9. The number of anilines is 1.